The van der Waals surface area contributed by atoms with Crippen LogP contribution in [-0.4, -0.2) is 34.2 Å². The molecule has 0 aliphatic heterocycles. The van der Waals surface area contributed by atoms with Gasteiger partial charge in [0.2, 0.25) is 0 Å². The van der Waals surface area contributed by atoms with Gasteiger partial charge in [0.25, 0.3) is 15.9 Å². The minimum absolute atomic E-state index is 0.113. The van der Waals surface area contributed by atoms with Gasteiger partial charge in [0, 0.05) is 15.6 Å². The molecule has 1 N–H and O–H groups in total. The van der Waals surface area contributed by atoms with E-state index in [9.17, 15) is 26.4 Å². The maximum absolute atomic E-state index is 13.5. The highest BCUT2D eigenvalue weighted by atomic mass is 79.9. The number of alkyl halides is 3. The number of nitrogens with one attached hydrogen (secondary N) is 1. The molecular weight excluding hydrogens is 734 g/mol. The van der Waals surface area contributed by atoms with Crippen molar-refractivity contribution in [2.45, 2.75) is 24.6 Å². The zero-order chi connectivity index (χ0) is 33.6. The number of sulfonamides is 1. The van der Waals surface area contributed by atoms with Gasteiger partial charge in [-0.15, -0.1) is 0 Å². The Morgan fingerprint density at radius 1 is 1.04 bits per heavy atom. The van der Waals surface area contributed by atoms with E-state index in [1.807, 2.05) is 0 Å². The van der Waals surface area contributed by atoms with Crippen LogP contribution in [0.4, 0.5) is 18.9 Å². The molecule has 4 aromatic rings. The summed E-state index contributed by atoms with van der Waals surface area (Å²) in [4.78, 5) is 12.7. The fourth-order valence-corrected chi connectivity index (χ4v) is 6.53. The standard InChI is InChI=1S/C31H25BrCl2F3N3O5S/c1-19-6-10-25(11-7-19)46(42,43)40(24-5-3-4-22(14-24)31(35,36)37)17-29(41)39-38-16-20-12-26(32)30(28(13-20)44-2)45-18-21-8-9-23(33)15-27(21)34/h3-16H,17-18H2,1-2H3,(H,39,41)/b38-16-. The van der Waals surface area contributed by atoms with Crippen molar-refractivity contribution in [1.29, 1.82) is 0 Å². The lowest BCUT2D eigenvalue weighted by Crippen LogP contribution is -2.39. The molecule has 0 aliphatic carbocycles. The van der Waals surface area contributed by atoms with Crippen LogP contribution < -0.4 is 19.2 Å². The molecule has 0 atom stereocenters. The molecule has 0 unspecified atom stereocenters. The molecule has 0 saturated carbocycles. The predicted molar refractivity (Wildman–Crippen MR) is 174 cm³/mol. The molecule has 15 heteroatoms. The summed E-state index contributed by atoms with van der Waals surface area (Å²) in [6.07, 6.45) is -3.46. The van der Waals surface area contributed by atoms with Gasteiger partial charge < -0.3 is 9.47 Å². The Bertz CT molecular complexity index is 1870. The first-order valence-electron chi connectivity index (χ1n) is 13.2. The number of hydrogen-bond acceptors (Lipinski definition) is 6. The summed E-state index contributed by atoms with van der Waals surface area (Å²) in [6.45, 7) is 1.00. The van der Waals surface area contributed by atoms with Gasteiger partial charge in [-0.1, -0.05) is 53.0 Å². The third kappa shape index (κ3) is 8.72. The number of carbonyl (C=O) groups is 1. The lowest BCUT2D eigenvalue weighted by atomic mass is 10.2. The first-order chi connectivity index (χ1) is 21.7. The first-order valence-corrected chi connectivity index (χ1v) is 16.2. The number of hydrazone groups is 1. The summed E-state index contributed by atoms with van der Waals surface area (Å²) in [5.74, 6) is -0.213. The number of hydrogen-bond donors (Lipinski definition) is 1. The van der Waals surface area contributed by atoms with Gasteiger partial charge >= 0.3 is 6.18 Å². The first kappa shape index (κ1) is 35.1. The Balaban J connectivity index is 1.53. The summed E-state index contributed by atoms with van der Waals surface area (Å²) >= 11 is 15.6. The molecule has 242 valence electrons. The quantitative estimate of drug-likeness (QED) is 0.124. The average Bonchev–Trinajstić information content (AvgIpc) is 2.99. The molecule has 0 radical (unpaired) electrons. The number of methoxy groups -OCH3 is 1. The minimum Gasteiger partial charge on any atom is -0.493 e. The number of halogens is 6. The van der Waals surface area contributed by atoms with Gasteiger partial charge in [0.15, 0.2) is 11.5 Å². The summed E-state index contributed by atoms with van der Waals surface area (Å²) in [6, 6.07) is 17.6. The van der Waals surface area contributed by atoms with Gasteiger partial charge in [-0.3, -0.25) is 9.10 Å². The van der Waals surface area contributed by atoms with E-state index in [0.717, 1.165) is 17.7 Å². The second-order valence-electron chi connectivity index (χ2n) is 9.72. The monoisotopic (exact) mass is 757 g/mol. The summed E-state index contributed by atoms with van der Waals surface area (Å²) in [5.41, 5.74) is 2.73. The van der Waals surface area contributed by atoms with Gasteiger partial charge in [0.05, 0.1) is 33.9 Å². The fourth-order valence-electron chi connectivity index (χ4n) is 4.08. The predicted octanol–water partition coefficient (Wildman–Crippen LogP) is 8.02. The van der Waals surface area contributed by atoms with E-state index in [4.69, 9.17) is 32.7 Å². The number of amides is 1. The summed E-state index contributed by atoms with van der Waals surface area (Å²) < 4.78 is 79.8. The number of rotatable bonds is 11. The van der Waals surface area contributed by atoms with E-state index in [1.54, 1.807) is 37.3 Å². The highest BCUT2D eigenvalue weighted by Gasteiger charge is 2.33. The van der Waals surface area contributed by atoms with E-state index in [1.165, 1.54) is 43.7 Å². The molecule has 0 saturated heterocycles. The molecule has 8 nitrogen and oxygen atoms in total. The van der Waals surface area contributed by atoms with Gasteiger partial charge in [-0.25, -0.2) is 13.8 Å². The topological polar surface area (TPSA) is 97.3 Å². The van der Waals surface area contributed by atoms with Crippen LogP contribution in [-0.2, 0) is 27.6 Å². The molecule has 4 rings (SSSR count). The van der Waals surface area contributed by atoms with Crippen LogP contribution in [0.25, 0.3) is 0 Å². The van der Waals surface area contributed by atoms with Crippen LogP contribution in [0.2, 0.25) is 10.0 Å². The second-order valence-corrected chi connectivity index (χ2v) is 13.3. The lowest BCUT2D eigenvalue weighted by Gasteiger charge is -2.24. The Morgan fingerprint density at radius 3 is 2.41 bits per heavy atom. The Labute approximate surface area is 281 Å². The molecule has 0 bridgehead atoms. The molecule has 46 heavy (non-hydrogen) atoms. The number of ether oxygens (including phenoxy) is 2. The lowest BCUT2D eigenvalue weighted by molar-refractivity contribution is -0.137. The SMILES string of the molecule is COc1cc(/C=N\NC(=O)CN(c2cccc(C(F)(F)F)c2)S(=O)(=O)c2ccc(C)cc2)cc(Br)c1OCc1ccc(Cl)cc1Cl. The van der Waals surface area contributed by atoms with Crippen molar-refractivity contribution in [2.75, 3.05) is 18.0 Å². The van der Waals surface area contributed by atoms with Gasteiger partial charge in [-0.05, 0) is 83.0 Å². The molecule has 0 spiro atoms. The Kier molecular flexibility index (Phi) is 11.3. The highest BCUT2D eigenvalue weighted by molar-refractivity contribution is 9.10. The van der Waals surface area contributed by atoms with Crippen molar-refractivity contribution in [3.63, 3.8) is 0 Å². The molecule has 0 heterocycles. The molecule has 4 aromatic carbocycles. The van der Waals surface area contributed by atoms with E-state index >= 15 is 0 Å². The Hall–Kier alpha value is -3.78. The van der Waals surface area contributed by atoms with Gasteiger partial charge in [-0.2, -0.15) is 18.3 Å². The van der Waals surface area contributed by atoms with Crippen molar-refractivity contribution in [3.05, 3.63) is 116 Å². The van der Waals surface area contributed by atoms with E-state index in [-0.39, 0.29) is 17.2 Å². The smallest absolute Gasteiger partial charge is 0.416 e. The third-order valence-corrected chi connectivity index (χ3v) is 9.36. The van der Waals surface area contributed by atoms with Crippen LogP contribution in [0.1, 0.15) is 22.3 Å². The van der Waals surface area contributed by atoms with E-state index in [0.29, 0.717) is 47.5 Å². The maximum Gasteiger partial charge on any atom is 0.416 e. The largest absolute Gasteiger partial charge is 0.493 e. The van der Waals surface area contributed by atoms with Crippen molar-refractivity contribution in [1.82, 2.24) is 5.43 Å². The zero-order valence-electron chi connectivity index (χ0n) is 24.1. The zero-order valence-corrected chi connectivity index (χ0v) is 28.0. The van der Waals surface area contributed by atoms with Crippen LogP contribution >= 0.6 is 39.1 Å². The average molecular weight is 759 g/mol. The maximum atomic E-state index is 13.5. The summed E-state index contributed by atoms with van der Waals surface area (Å²) in [5, 5.41) is 4.81. The Morgan fingerprint density at radius 2 is 1.76 bits per heavy atom. The van der Waals surface area contributed by atoms with Crippen LogP contribution in [0.3, 0.4) is 0 Å². The highest BCUT2D eigenvalue weighted by Crippen LogP contribution is 2.37. The number of aryl methyl sites for hydroxylation is 1. The molecule has 0 fully saturated rings. The number of benzene rings is 4. The van der Waals surface area contributed by atoms with E-state index < -0.39 is 34.2 Å². The normalized spacial score (nSPS) is 11.8. The van der Waals surface area contributed by atoms with Crippen LogP contribution in [0, 0.1) is 6.92 Å². The molecule has 0 aliphatic rings. The molecule has 0 aromatic heterocycles. The van der Waals surface area contributed by atoms with Gasteiger partial charge in [0.1, 0.15) is 13.2 Å². The molecule has 1 amide bonds. The van der Waals surface area contributed by atoms with Crippen molar-refractivity contribution in [2.24, 2.45) is 5.10 Å². The number of anilines is 1. The van der Waals surface area contributed by atoms with Crippen LogP contribution in [0.15, 0.2) is 93.3 Å². The van der Waals surface area contributed by atoms with Crippen molar-refractivity contribution < 1.29 is 35.9 Å². The second kappa shape index (κ2) is 14.8. The van der Waals surface area contributed by atoms with Crippen molar-refractivity contribution in [3.8, 4) is 11.5 Å². The fraction of sp³-hybridized carbons (Fsp3) is 0.161. The third-order valence-electron chi connectivity index (χ3n) is 6.40. The van der Waals surface area contributed by atoms with Crippen molar-refractivity contribution >= 4 is 67.0 Å². The van der Waals surface area contributed by atoms with Crippen LogP contribution in [0.5, 0.6) is 11.5 Å². The van der Waals surface area contributed by atoms with E-state index in [2.05, 4.69) is 26.5 Å². The minimum atomic E-state index is -4.74. The number of nitrogens with zero attached hydrogens (tertiary/aromatic N) is 2. The summed E-state index contributed by atoms with van der Waals surface area (Å²) in [7, 11) is -3.02. The molecular formula is C31H25BrCl2F3N3O5S. The number of carbonyl (C=O) groups excluding carboxylic acids is 1.